The molecule has 0 bridgehead atoms. The Labute approximate surface area is 404 Å². The van der Waals surface area contributed by atoms with Gasteiger partial charge < -0.3 is 39.1 Å². The summed E-state index contributed by atoms with van der Waals surface area (Å²) in [6.07, 6.45) is 10.3. The van der Waals surface area contributed by atoms with Crippen molar-refractivity contribution in [2.24, 2.45) is 11.8 Å². The maximum atomic E-state index is 12.4. The SMILES string of the molecule is CC(C)Cc1ccc(CCCNc2ccc(CNCCCO[PH](=O)OCCCNCc3ccc(NCCCc4ccc(CC(C)C)c(C#N)c4)c(-c4ccco4)c3)cc2-c2ccco2)cc1C#N. The van der Waals surface area contributed by atoms with E-state index < -0.39 is 8.25 Å². The van der Waals surface area contributed by atoms with Gasteiger partial charge in [-0.15, -0.1) is 0 Å². The summed E-state index contributed by atoms with van der Waals surface area (Å²) < 4.78 is 35.0. The van der Waals surface area contributed by atoms with Crippen molar-refractivity contribution in [3.63, 3.8) is 0 Å². The van der Waals surface area contributed by atoms with Gasteiger partial charge in [0.1, 0.15) is 11.5 Å². The Bertz CT molecular complexity index is 2380. The van der Waals surface area contributed by atoms with Crippen LogP contribution in [0.2, 0.25) is 0 Å². The summed E-state index contributed by atoms with van der Waals surface area (Å²) in [7, 11) is -2.57. The third-order valence-corrected chi connectivity index (χ3v) is 12.5. The highest BCUT2D eigenvalue weighted by Crippen LogP contribution is 2.32. The van der Waals surface area contributed by atoms with Crippen LogP contribution in [0.15, 0.2) is 118 Å². The first-order valence-electron chi connectivity index (χ1n) is 24.2. The average Bonchev–Trinajstić information content (AvgIpc) is 4.09. The van der Waals surface area contributed by atoms with Gasteiger partial charge >= 0.3 is 8.25 Å². The molecule has 0 aliphatic rings. The van der Waals surface area contributed by atoms with Gasteiger partial charge in [0, 0.05) is 48.7 Å². The molecular weight excluding hydrogens is 868 g/mol. The van der Waals surface area contributed by atoms with Crippen LogP contribution in [0.5, 0.6) is 0 Å². The van der Waals surface area contributed by atoms with Crippen LogP contribution < -0.4 is 21.3 Å². The number of benzene rings is 4. The lowest BCUT2D eigenvalue weighted by molar-refractivity contribution is 0.220. The Kier molecular flexibility index (Phi) is 21.0. The lowest BCUT2D eigenvalue weighted by Crippen LogP contribution is -2.16. The molecule has 0 radical (unpaired) electrons. The van der Waals surface area contributed by atoms with Gasteiger partial charge in [0.25, 0.3) is 0 Å². The van der Waals surface area contributed by atoms with Crippen LogP contribution in [0.25, 0.3) is 22.6 Å². The van der Waals surface area contributed by atoms with E-state index in [4.69, 9.17) is 17.9 Å². The molecule has 0 aliphatic carbocycles. The molecular formula is C56H69N6O5P. The summed E-state index contributed by atoms with van der Waals surface area (Å²) >= 11 is 0. The molecule has 6 rings (SSSR count). The summed E-state index contributed by atoms with van der Waals surface area (Å²) in [4.78, 5) is 0. The quantitative estimate of drug-likeness (QED) is 0.0252. The van der Waals surface area contributed by atoms with Gasteiger partial charge in [0.05, 0.1) is 49.0 Å². The van der Waals surface area contributed by atoms with Gasteiger partial charge in [-0.3, -0.25) is 4.57 Å². The van der Waals surface area contributed by atoms with Gasteiger partial charge in [-0.1, -0.05) is 64.1 Å². The highest BCUT2D eigenvalue weighted by atomic mass is 31.1. The van der Waals surface area contributed by atoms with Gasteiger partial charge in [-0.05, 0) is 170 Å². The molecule has 11 nitrogen and oxygen atoms in total. The second kappa shape index (κ2) is 27.8. The number of anilines is 2. The van der Waals surface area contributed by atoms with Crippen molar-refractivity contribution in [1.29, 1.82) is 10.5 Å². The average molecular weight is 937 g/mol. The molecule has 0 aliphatic heterocycles. The highest BCUT2D eigenvalue weighted by Gasteiger charge is 2.13. The maximum Gasteiger partial charge on any atom is 0.319 e. The highest BCUT2D eigenvalue weighted by molar-refractivity contribution is 7.33. The minimum absolute atomic E-state index is 0.349. The van der Waals surface area contributed by atoms with Crippen molar-refractivity contribution in [3.8, 4) is 34.8 Å². The van der Waals surface area contributed by atoms with Crippen LogP contribution in [0, 0.1) is 34.5 Å². The van der Waals surface area contributed by atoms with Crippen molar-refractivity contribution in [2.45, 2.75) is 92.2 Å². The van der Waals surface area contributed by atoms with Crippen molar-refractivity contribution in [1.82, 2.24) is 10.6 Å². The molecule has 4 aromatic carbocycles. The number of rotatable bonds is 30. The molecule has 0 atom stereocenters. The predicted octanol–water partition coefficient (Wildman–Crippen LogP) is 12.5. The second-order valence-electron chi connectivity index (χ2n) is 18.2. The second-order valence-corrected chi connectivity index (χ2v) is 19.3. The van der Waals surface area contributed by atoms with Crippen LogP contribution in [-0.4, -0.2) is 39.4 Å². The zero-order valence-corrected chi connectivity index (χ0v) is 41.3. The molecule has 12 heteroatoms. The maximum absolute atomic E-state index is 12.4. The first kappa shape index (κ1) is 51.5. The Morgan fingerprint density at radius 2 is 1.00 bits per heavy atom. The number of nitriles is 2. The summed E-state index contributed by atoms with van der Waals surface area (Å²) in [5.74, 6) is 2.64. The van der Waals surface area contributed by atoms with E-state index in [0.29, 0.717) is 64.1 Å². The first-order chi connectivity index (χ1) is 33.2. The topological polar surface area (TPSA) is 158 Å². The first-order valence-corrected chi connectivity index (χ1v) is 25.5. The largest absolute Gasteiger partial charge is 0.464 e. The molecule has 68 heavy (non-hydrogen) atoms. The molecule has 2 heterocycles. The van der Waals surface area contributed by atoms with Crippen LogP contribution in [0.1, 0.15) is 97.9 Å². The zero-order valence-electron chi connectivity index (χ0n) is 40.3. The number of nitrogens with one attached hydrogen (secondary N) is 4. The lowest BCUT2D eigenvalue weighted by Gasteiger charge is -2.14. The van der Waals surface area contributed by atoms with E-state index >= 15 is 0 Å². The van der Waals surface area contributed by atoms with Gasteiger partial charge in [0.15, 0.2) is 0 Å². The van der Waals surface area contributed by atoms with Gasteiger partial charge in [-0.25, -0.2) is 0 Å². The van der Waals surface area contributed by atoms with E-state index in [0.717, 1.165) is 119 Å². The fraction of sp³-hybridized carbons (Fsp3) is 0.393. The van der Waals surface area contributed by atoms with Crippen molar-refractivity contribution in [3.05, 3.63) is 154 Å². The molecule has 0 unspecified atom stereocenters. The Morgan fingerprint density at radius 1 is 0.559 bits per heavy atom. The molecule has 0 saturated carbocycles. The van der Waals surface area contributed by atoms with E-state index in [2.05, 4.69) is 122 Å². The van der Waals surface area contributed by atoms with Crippen LogP contribution in [0.3, 0.4) is 0 Å². The van der Waals surface area contributed by atoms with Crippen LogP contribution >= 0.6 is 8.25 Å². The van der Waals surface area contributed by atoms with E-state index in [-0.39, 0.29) is 0 Å². The fourth-order valence-corrected chi connectivity index (χ4v) is 8.93. The standard InChI is InChI=1S/C56H69N6O5P/c1-41(2)31-47-19-15-43(33-49(47)37-57)11-5-25-61-53-21-17-45(35-51(53)55-13-7-27-64-55)39-59-23-9-29-66-68(63)67-30-10-24-60-40-46-18-22-54(52(36-46)56-14-8-28-65-56)62-26-6-12-44-16-20-48(32-42(3)4)50(34-44)38-58/h7-8,13-22,27-28,33-36,41-42,59-62,68H,5-6,9-12,23-26,29-32,39-40H2,1-4H3. The molecule has 358 valence electrons. The predicted molar refractivity (Wildman–Crippen MR) is 275 cm³/mol. The van der Waals surface area contributed by atoms with E-state index in [1.807, 2.05) is 36.4 Å². The molecule has 0 spiro atoms. The Balaban J connectivity index is 0.839. The Hall–Kier alpha value is -5.91. The molecule has 0 amide bonds. The van der Waals surface area contributed by atoms with Crippen molar-refractivity contribution >= 4 is 19.6 Å². The smallest absolute Gasteiger partial charge is 0.319 e. The third-order valence-electron chi connectivity index (χ3n) is 11.6. The third kappa shape index (κ3) is 16.7. The van der Waals surface area contributed by atoms with E-state index in [9.17, 15) is 15.1 Å². The summed E-state index contributed by atoms with van der Waals surface area (Å²) in [5, 5.41) is 33.5. The van der Waals surface area contributed by atoms with Crippen molar-refractivity contribution < 1.29 is 22.4 Å². The molecule has 0 fully saturated rings. The van der Waals surface area contributed by atoms with Crippen molar-refractivity contribution in [2.75, 3.05) is 50.0 Å². The normalized spacial score (nSPS) is 11.4. The molecule has 0 saturated heterocycles. The number of aryl methyl sites for hydroxylation is 2. The zero-order chi connectivity index (χ0) is 47.9. The number of nitrogens with zero attached hydrogens (tertiary/aromatic N) is 2. The van der Waals surface area contributed by atoms with E-state index in [1.165, 1.54) is 11.1 Å². The number of hydrogen-bond acceptors (Lipinski definition) is 11. The van der Waals surface area contributed by atoms with E-state index in [1.54, 1.807) is 12.5 Å². The van der Waals surface area contributed by atoms with Gasteiger partial charge in [0.2, 0.25) is 0 Å². The Morgan fingerprint density at radius 3 is 1.40 bits per heavy atom. The number of hydrogen-bond donors (Lipinski definition) is 4. The monoisotopic (exact) mass is 937 g/mol. The fourth-order valence-electron chi connectivity index (χ4n) is 8.23. The summed E-state index contributed by atoms with van der Waals surface area (Å²) in [6, 6.07) is 37.9. The lowest BCUT2D eigenvalue weighted by atomic mass is 9.95. The molecule has 6 aromatic rings. The molecule has 2 aromatic heterocycles. The molecule has 4 N–H and O–H groups in total. The minimum atomic E-state index is -2.57. The summed E-state index contributed by atoms with van der Waals surface area (Å²) in [6.45, 7) is 13.7. The van der Waals surface area contributed by atoms with Gasteiger partial charge in [-0.2, -0.15) is 10.5 Å². The van der Waals surface area contributed by atoms with Crippen LogP contribution in [-0.2, 0) is 52.4 Å². The minimum Gasteiger partial charge on any atom is -0.464 e. The summed E-state index contributed by atoms with van der Waals surface area (Å²) in [5.41, 5.74) is 12.5. The van der Waals surface area contributed by atoms with Crippen LogP contribution in [0.4, 0.5) is 11.4 Å². The number of furan rings is 2.